The summed E-state index contributed by atoms with van der Waals surface area (Å²) in [5.74, 6) is -0.0102. The van der Waals surface area contributed by atoms with Crippen molar-refractivity contribution >= 4 is 23.2 Å². The van der Waals surface area contributed by atoms with Gasteiger partial charge in [0.05, 0.1) is 17.3 Å². The summed E-state index contributed by atoms with van der Waals surface area (Å²) in [5.41, 5.74) is 3.10. The summed E-state index contributed by atoms with van der Waals surface area (Å²) < 4.78 is 0. The van der Waals surface area contributed by atoms with Crippen molar-refractivity contribution < 1.29 is 4.79 Å². The van der Waals surface area contributed by atoms with E-state index in [2.05, 4.69) is 39.4 Å². The molecule has 25 heavy (non-hydrogen) atoms. The zero-order chi connectivity index (χ0) is 17.6. The van der Waals surface area contributed by atoms with Crippen molar-refractivity contribution in [1.29, 1.82) is 0 Å². The van der Waals surface area contributed by atoms with Gasteiger partial charge >= 0.3 is 0 Å². The topological polar surface area (TPSA) is 35.6 Å². The number of hydrogen-bond donors (Lipinski definition) is 1. The highest BCUT2D eigenvalue weighted by atomic mass is 35.5. The highest BCUT2D eigenvalue weighted by molar-refractivity contribution is 6.33. The second-order valence-electron chi connectivity index (χ2n) is 6.57. The fraction of sp³-hybridized carbons (Fsp3) is 0.350. The van der Waals surface area contributed by atoms with Crippen molar-refractivity contribution in [3.05, 3.63) is 64.7 Å². The molecule has 0 spiro atoms. The molecule has 5 heteroatoms. The lowest BCUT2D eigenvalue weighted by Crippen LogP contribution is -2.48. The largest absolute Gasteiger partial charge is 0.324 e. The van der Waals surface area contributed by atoms with E-state index in [-0.39, 0.29) is 5.91 Å². The molecule has 1 heterocycles. The van der Waals surface area contributed by atoms with Gasteiger partial charge in [-0.15, -0.1) is 0 Å². The average molecular weight is 358 g/mol. The molecule has 2 aromatic carbocycles. The molecule has 3 rings (SSSR count). The van der Waals surface area contributed by atoms with E-state index in [1.54, 1.807) is 0 Å². The van der Waals surface area contributed by atoms with Gasteiger partial charge in [0, 0.05) is 32.7 Å². The quantitative estimate of drug-likeness (QED) is 0.890. The number of anilines is 1. The van der Waals surface area contributed by atoms with Crippen LogP contribution in [0.25, 0.3) is 0 Å². The minimum atomic E-state index is -0.0102. The third-order valence-corrected chi connectivity index (χ3v) is 4.81. The Morgan fingerprint density at radius 2 is 1.72 bits per heavy atom. The van der Waals surface area contributed by atoms with Gasteiger partial charge in [-0.05, 0) is 30.2 Å². The minimum Gasteiger partial charge on any atom is -0.324 e. The molecule has 4 nitrogen and oxygen atoms in total. The number of amides is 1. The van der Waals surface area contributed by atoms with E-state index in [4.69, 9.17) is 11.6 Å². The van der Waals surface area contributed by atoms with Crippen molar-refractivity contribution in [3.8, 4) is 0 Å². The number of rotatable bonds is 5. The zero-order valence-electron chi connectivity index (χ0n) is 14.5. The monoisotopic (exact) mass is 357 g/mol. The summed E-state index contributed by atoms with van der Waals surface area (Å²) in [6, 6.07) is 16.2. The Morgan fingerprint density at radius 3 is 2.44 bits per heavy atom. The maximum Gasteiger partial charge on any atom is 0.238 e. The van der Waals surface area contributed by atoms with E-state index in [0.29, 0.717) is 17.3 Å². The van der Waals surface area contributed by atoms with E-state index in [9.17, 15) is 4.79 Å². The highest BCUT2D eigenvalue weighted by Gasteiger charge is 2.19. The van der Waals surface area contributed by atoms with Crippen molar-refractivity contribution in [2.45, 2.75) is 13.5 Å². The highest BCUT2D eigenvalue weighted by Crippen LogP contribution is 2.22. The zero-order valence-corrected chi connectivity index (χ0v) is 15.3. The van der Waals surface area contributed by atoms with Crippen LogP contribution in [0, 0.1) is 6.92 Å². The van der Waals surface area contributed by atoms with Crippen LogP contribution in [0.4, 0.5) is 5.69 Å². The first kappa shape index (κ1) is 17.9. The fourth-order valence-corrected chi connectivity index (χ4v) is 3.24. The molecule has 1 aliphatic rings. The molecule has 1 amide bonds. The van der Waals surface area contributed by atoms with Crippen LogP contribution in [-0.2, 0) is 11.3 Å². The van der Waals surface area contributed by atoms with Gasteiger partial charge in [0.25, 0.3) is 0 Å². The molecule has 0 aromatic heterocycles. The molecule has 1 aliphatic heterocycles. The van der Waals surface area contributed by atoms with Crippen LogP contribution in [0.15, 0.2) is 48.5 Å². The Bertz CT molecular complexity index is 712. The first-order valence-corrected chi connectivity index (χ1v) is 9.02. The summed E-state index contributed by atoms with van der Waals surface area (Å²) in [7, 11) is 0. The van der Waals surface area contributed by atoms with E-state index in [0.717, 1.165) is 38.3 Å². The van der Waals surface area contributed by atoms with Gasteiger partial charge in [-0.1, -0.05) is 48.0 Å². The SMILES string of the molecule is Cc1ccc(Cl)c(NC(=O)CN2CCN(Cc3ccccc3)CC2)c1. The van der Waals surface area contributed by atoms with Gasteiger partial charge in [0.1, 0.15) is 0 Å². The molecule has 0 aliphatic carbocycles. The molecule has 0 atom stereocenters. The molecule has 1 saturated heterocycles. The molecule has 0 unspecified atom stereocenters. The Kier molecular flexibility index (Phi) is 6.08. The first-order chi connectivity index (χ1) is 12.1. The Hall–Kier alpha value is -1.88. The van der Waals surface area contributed by atoms with E-state index >= 15 is 0 Å². The number of aryl methyl sites for hydroxylation is 1. The molecule has 0 radical (unpaired) electrons. The summed E-state index contributed by atoms with van der Waals surface area (Å²) in [6.45, 7) is 7.13. The van der Waals surface area contributed by atoms with Gasteiger partial charge in [-0.2, -0.15) is 0 Å². The molecule has 1 N–H and O–H groups in total. The minimum absolute atomic E-state index is 0.0102. The molecular formula is C20H24ClN3O. The fourth-order valence-electron chi connectivity index (χ4n) is 3.07. The summed E-state index contributed by atoms with van der Waals surface area (Å²) in [4.78, 5) is 16.9. The number of piperazine rings is 1. The lowest BCUT2D eigenvalue weighted by atomic mass is 10.2. The van der Waals surface area contributed by atoms with Gasteiger partial charge in [-0.25, -0.2) is 0 Å². The van der Waals surface area contributed by atoms with Crippen LogP contribution in [0.3, 0.4) is 0 Å². The predicted octanol–water partition coefficient (Wildman–Crippen LogP) is 3.40. The standard InChI is InChI=1S/C20H24ClN3O/c1-16-7-8-18(21)19(13-16)22-20(25)15-24-11-9-23(10-12-24)14-17-5-3-2-4-6-17/h2-8,13H,9-12,14-15H2,1H3,(H,22,25). The molecule has 0 bridgehead atoms. The van der Waals surface area contributed by atoms with Gasteiger partial charge < -0.3 is 5.32 Å². The molecular weight excluding hydrogens is 334 g/mol. The number of carbonyl (C=O) groups is 1. The van der Waals surface area contributed by atoms with E-state index < -0.39 is 0 Å². The number of carbonyl (C=O) groups excluding carboxylic acids is 1. The van der Waals surface area contributed by atoms with Crippen LogP contribution < -0.4 is 5.32 Å². The van der Waals surface area contributed by atoms with Crippen LogP contribution in [0.5, 0.6) is 0 Å². The van der Waals surface area contributed by atoms with Gasteiger partial charge in [-0.3, -0.25) is 14.6 Å². The number of halogens is 1. The van der Waals surface area contributed by atoms with Crippen molar-refractivity contribution in [3.63, 3.8) is 0 Å². The first-order valence-electron chi connectivity index (χ1n) is 8.65. The molecule has 132 valence electrons. The van der Waals surface area contributed by atoms with Crippen LogP contribution in [0.2, 0.25) is 5.02 Å². The lowest BCUT2D eigenvalue weighted by Gasteiger charge is -2.34. The van der Waals surface area contributed by atoms with E-state index in [1.807, 2.05) is 31.2 Å². The maximum absolute atomic E-state index is 12.3. The third kappa shape index (κ3) is 5.30. The maximum atomic E-state index is 12.3. The number of nitrogens with one attached hydrogen (secondary N) is 1. The van der Waals surface area contributed by atoms with Crippen molar-refractivity contribution in [1.82, 2.24) is 9.80 Å². The Morgan fingerprint density at radius 1 is 1.04 bits per heavy atom. The number of benzene rings is 2. The summed E-state index contributed by atoms with van der Waals surface area (Å²) in [6.07, 6.45) is 0. The van der Waals surface area contributed by atoms with Crippen molar-refractivity contribution in [2.24, 2.45) is 0 Å². The third-order valence-electron chi connectivity index (χ3n) is 4.48. The Balaban J connectivity index is 1.45. The predicted molar refractivity (Wildman–Crippen MR) is 103 cm³/mol. The van der Waals surface area contributed by atoms with Crippen LogP contribution in [-0.4, -0.2) is 48.4 Å². The summed E-state index contributed by atoms with van der Waals surface area (Å²) >= 11 is 6.14. The molecule has 2 aromatic rings. The smallest absolute Gasteiger partial charge is 0.238 e. The average Bonchev–Trinajstić information content (AvgIpc) is 2.61. The van der Waals surface area contributed by atoms with Crippen LogP contribution >= 0.6 is 11.6 Å². The molecule has 1 fully saturated rings. The lowest BCUT2D eigenvalue weighted by molar-refractivity contribution is -0.117. The summed E-state index contributed by atoms with van der Waals surface area (Å²) in [5, 5.41) is 3.50. The Labute approximate surface area is 154 Å². The van der Waals surface area contributed by atoms with Crippen LogP contribution in [0.1, 0.15) is 11.1 Å². The van der Waals surface area contributed by atoms with Gasteiger partial charge in [0.2, 0.25) is 5.91 Å². The van der Waals surface area contributed by atoms with Gasteiger partial charge in [0.15, 0.2) is 0 Å². The van der Waals surface area contributed by atoms with Crippen molar-refractivity contribution in [2.75, 3.05) is 38.0 Å². The number of nitrogens with zero attached hydrogens (tertiary/aromatic N) is 2. The number of hydrogen-bond acceptors (Lipinski definition) is 3. The molecule has 0 saturated carbocycles. The van der Waals surface area contributed by atoms with E-state index in [1.165, 1.54) is 5.56 Å². The normalized spacial score (nSPS) is 15.9. The second kappa shape index (κ2) is 8.48. The second-order valence-corrected chi connectivity index (χ2v) is 6.98.